The minimum atomic E-state index is -0.871. The van der Waals surface area contributed by atoms with Crippen LogP contribution in [0.5, 0.6) is 0 Å². The maximum Gasteiger partial charge on any atom is 0.346 e. The average molecular weight is 530 g/mol. The average Bonchev–Trinajstić information content (AvgIpc) is 3.40. The molecule has 1 saturated carbocycles. The van der Waals surface area contributed by atoms with Crippen LogP contribution in [-0.2, 0) is 0 Å². The summed E-state index contributed by atoms with van der Waals surface area (Å²) in [6.45, 7) is 7.46. The Hall–Kier alpha value is -3.29. The molecular formula is C31H35N3O3S. The van der Waals surface area contributed by atoms with Crippen LogP contribution < -0.4 is 5.32 Å². The molecule has 1 amide bonds. The molecule has 1 aliphatic carbocycles. The molecule has 0 bridgehead atoms. The van der Waals surface area contributed by atoms with Gasteiger partial charge in [0, 0.05) is 35.3 Å². The van der Waals surface area contributed by atoms with Gasteiger partial charge >= 0.3 is 5.97 Å². The normalized spacial score (nSPS) is 20.4. The summed E-state index contributed by atoms with van der Waals surface area (Å²) in [5, 5.41) is 13.0. The second-order valence-corrected chi connectivity index (χ2v) is 11.5. The van der Waals surface area contributed by atoms with Crippen LogP contribution in [0.15, 0.2) is 60.3 Å². The third-order valence-corrected chi connectivity index (χ3v) is 9.18. The van der Waals surface area contributed by atoms with Gasteiger partial charge < -0.3 is 10.4 Å². The molecule has 5 rings (SSSR count). The van der Waals surface area contributed by atoms with Gasteiger partial charge in [0.2, 0.25) is 0 Å². The van der Waals surface area contributed by atoms with Crippen LogP contribution in [0, 0.1) is 11.8 Å². The molecule has 1 aromatic carbocycles. The van der Waals surface area contributed by atoms with Gasteiger partial charge in [-0.15, -0.1) is 11.3 Å². The van der Waals surface area contributed by atoms with Crippen molar-refractivity contribution in [1.29, 1.82) is 0 Å². The Balaban J connectivity index is 1.45. The number of thiophene rings is 1. The number of likely N-dealkylation sites (N-methyl/N-ethyl adjacent to an activating group) is 1. The lowest BCUT2D eigenvalue weighted by atomic mass is 9.75. The predicted octanol–water partition coefficient (Wildman–Crippen LogP) is 7.07. The van der Waals surface area contributed by atoms with E-state index >= 15 is 0 Å². The van der Waals surface area contributed by atoms with E-state index in [0.717, 1.165) is 48.0 Å². The van der Waals surface area contributed by atoms with E-state index in [2.05, 4.69) is 35.1 Å². The van der Waals surface area contributed by atoms with E-state index in [9.17, 15) is 14.7 Å². The number of hydrogen-bond donors (Lipinski definition) is 2. The number of nitrogens with one attached hydrogen (secondary N) is 1. The molecule has 0 radical (unpaired) electrons. The minimum Gasteiger partial charge on any atom is -0.477 e. The van der Waals surface area contributed by atoms with Crippen molar-refractivity contribution in [3.63, 3.8) is 0 Å². The number of pyridine rings is 1. The van der Waals surface area contributed by atoms with Crippen molar-refractivity contribution < 1.29 is 14.7 Å². The summed E-state index contributed by atoms with van der Waals surface area (Å²) in [7, 11) is 0. The van der Waals surface area contributed by atoms with Crippen LogP contribution in [0.4, 0.5) is 5.82 Å². The van der Waals surface area contributed by atoms with Gasteiger partial charge in [0.05, 0.1) is 0 Å². The maximum atomic E-state index is 12.6. The Kier molecular flexibility index (Phi) is 8.05. The molecule has 1 fully saturated rings. The minimum absolute atomic E-state index is 0.229. The van der Waals surface area contributed by atoms with Gasteiger partial charge in [0.1, 0.15) is 10.7 Å². The molecule has 0 saturated heterocycles. The second kappa shape index (κ2) is 11.6. The van der Waals surface area contributed by atoms with Crippen LogP contribution in [0.1, 0.15) is 71.5 Å². The highest BCUT2D eigenvalue weighted by atomic mass is 32.1. The fourth-order valence-corrected chi connectivity index (χ4v) is 6.76. The topological polar surface area (TPSA) is 82.5 Å². The molecule has 3 aromatic rings. The molecule has 0 atom stereocenters. The Morgan fingerprint density at radius 2 is 1.87 bits per heavy atom. The van der Waals surface area contributed by atoms with Crippen molar-refractivity contribution in [3.8, 4) is 10.4 Å². The van der Waals surface area contributed by atoms with Crippen molar-refractivity contribution in [1.82, 2.24) is 9.88 Å². The van der Waals surface area contributed by atoms with Gasteiger partial charge in [-0.3, -0.25) is 9.69 Å². The lowest BCUT2D eigenvalue weighted by molar-refractivity contribution is 0.0701. The van der Waals surface area contributed by atoms with E-state index in [1.807, 2.05) is 18.2 Å². The van der Waals surface area contributed by atoms with Crippen LogP contribution >= 0.6 is 11.3 Å². The van der Waals surface area contributed by atoms with E-state index in [-0.39, 0.29) is 5.91 Å². The van der Waals surface area contributed by atoms with Crippen LogP contribution in [0.25, 0.3) is 16.0 Å². The van der Waals surface area contributed by atoms with Gasteiger partial charge in [0.15, 0.2) is 0 Å². The van der Waals surface area contributed by atoms with Crippen molar-refractivity contribution in [2.75, 3.05) is 25.0 Å². The Morgan fingerprint density at radius 3 is 2.53 bits per heavy atom. The first-order valence-electron chi connectivity index (χ1n) is 13.6. The molecule has 0 spiro atoms. The maximum absolute atomic E-state index is 12.6. The number of carbonyl (C=O) groups excluding carboxylic acids is 1. The first-order valence-corrected chi connectivity index (χ1v) is 14.4. The van der Waals surface area contributed by atoms with Gasteiger partial charge in [-0.25, -0.2) is 9.78 Å². The second-order valence-electron chi connectivity index (χ2n) is 10.5. The molecule has 2 N–H and O–H groups in total. The van der Waals surface area contributed by atoms with Crippen molar-refractivity contribution >= 4 is 34.6 Å². The summed E-state index contributed by atoms with van der Waals surface area (Å²) in [6, 6.07) is 14.8. The quantitative estimate of drug-likeness (QED) is 0.342. The molecule has 2 aromatic heterocycles. The monoisotopic (exact) mass is 529 g/mol. The smallest absolute Gasteiger partial charge is 0.346 e. The molecule has 2 aliphatic rings. The van der Waals surface area contributed by atoms with Gasteiger partial charge in [-0.2, -0.15) is 0 Å². The van der Waals surface area contributed by atoms with Gasteiger partial charge in [0.25, 0.3) is 5.91 Å². The number of amides is 1. The van der Waals surface area contributed by atoms with Crippen molar-refractivity contribution in [2.24, 2.45) is 11.8 Å². The van der Waals surface area contributed by atoms with Crippen molar-refractivity contribution in [2.45, 2.75) is 46.0 Å². The van der Waals surface area contributed by atoms with Crippen LogP contribution in [0.3, 0.4) is 0 Å². The summed E-state index contributed by atoms with van der Waals surface area (Å²) in [5.74, 6) is 0.716. The summed E-state index contributed by atoms with van der Waals surface area (Å²) >= 11 is 1.33. The molecule has 6 nitrogen and oxygen atoms in total. The fraction of sp³-hybridized carbons (Fsp3) is 0.387. The number of rotatable bonds is 7. The number of nitrogens with zero attached hydrogens (tertiary/aromatic N) is 2. The van der Waals surface area contributed by atoms with E-state index in [0.29, 0.717) is 22.2 Å². The lowest BCUT2D eigenvalue weighted by Crippen LogP contribution is -2.34. The molecule has 198 valence electrons. The van der Waals surface area contributed by atoms with Crippen LogP contribution in [-0.4, -0.2) is 46.5 Å². The Labute approximate surface area is 228 Å². The van der Waals surface area contributed by atoms with Gasteiger partial charge in [-0.05, 0) is 84.7 Å². The SMILES string of the molecule is CCN1CCC(c2cc(-c3ccc(C(=O)Nc4ccccn4)cc3)sc2C(=O)O)=C(C2CCC(C)CC2)C1. The zero-order chi connectivity index (χ0) is 26.6. The highest BCUT2D eigenvalue weighted by Crippen LogP contribution is 2.43. The number of carboxylic acids is 1. The number of carboxylic acid groups (broad SMARTS) is 1. The predicted molar refractivity (Wildman–Crippen MR) is 154 cm³/mol. The standard InChI is InChI=1S/C31H35N3O3S/c1-3-34-17-15-24(26(19-34)21-9-7-20(2)8-10-21)25-18-27(38-29(25)31(36)37)22-11-13-23(14-12-22)30(35)33-28-6-4-5-16-32-28/h4-6,11-14,16,18,20-21H,3,7-10,15,17,19H2,1-2H3,(H,36,37)(H,32,33,35). The number of anilines is 1. The molecule has 3 heterocycles. The van der Waals surface area contributed by atoms with Gasteiger partial charge in [-0.1, -0.05) is 44.9 Å². The first kappa shape index (κ1) is 26.3. The molecule has 0 unspecified atom stereocenters. The van der Waals surface area contributed by atoms with Crippen molar-refractivity contribution in [3.05, 3.63) is 76.3 Å². The lowest BCUT2D eigenvalue weighted by Gasteiger charge is -2.36. The first-order chi connectivity index (χ1) is 18.4. The fourth-order valence-electron chi connectivity index (χ4n) is 5.73. The largest absolute Gasteiger partial charge is 0.477 e. The number of aromatic carboxylic acids is 1. The number of benzene rings is 1. The summed E-state index contributed by atoms with van der Waals surface area (Å²) in [6.07, 6.45) is 7.40. The van der Waals surface area contributed by atoms with E-state index in [4.69, 9.17) is 0 Å². The number of carbonyl (C=O) groups is 2. The zero-order valence-electron chi connectivity index (χ0n) is 22.1. The molecule has 1 aliphatic heterocycles. The Bertz CT molecular complexity index is 1320. The summed E-state index contributed by atoms with van der Waals surface area (Å²) in [4.78, 5) is 33.0. The number of hydrogen-bond acceptors (Lipinski definition) is 5. The molecule has 38 heavy (non-hydrogen) atoms. The third kappa shape index (κ3) is 5.74. The third-order valence-electron chi connectivity index (χ3n) is 8.01. The van der Waals surface area contributed by atoms with Crippen LogP contribution in [0.2, 0.25) is 0 Å². The highest BCUT2D eigenvalue weighted by Gasteiger charge is 2.30. The Morgan fingerprint density at radius 1 is 1.11 bits per heavy atom. The van der Waals surface area contributed by atoms with E-state index in [1.54, 1.807) is 30.5 Å². The van der Waals surface area contributed by atoms with E-state index in [1.165, 1.54) is 48.2 Å². The van der Waals surface area contributed by atoms with E-state index < -0.39 is 5.97 Å². The molecule has 7 heteroatoms. The highest BCUT2D eigenvalue weighted by molar-refractivity contribution is 7.17. The molecular weight excluding hydrogens is 494 g/mol. The summed E-state index contributed by atoms with van der Waals surface area (Å²) in [5.41, 5.74) is 5.04. The number of aromatic nitrogens is 1. The summed E-state index contributed by atoms with van der Waals surface area (Å²) < 4.78 is 0. The zero-order valence-corrected chi connectivity index (χ0v) is 22.9.